The Morgan fingerprint density at radius 2 is 2.30 bits per heavy atom. The molecule has 0 aromatic heterocycles. The van der Waals surface area contributed by atoms with E-state index in [1.54, 1.807) is 12.1 Å². The molecule has 104 valence electrons. The second kappa shape index (κ2) is 6.67. The number of carbonyl (C=O) groups is 1. The summed E-state index contributed by atoms with van der Waals surface area (Å²) in [5.41, 5.74) is 1.35. The highest BCUT2D eigenvalue weighted by Crippen LogP contribution is 2.19. The molecule has 0 saturated carbocycles. The first kappa shape index (κ1) is 14.7. The van der Waals surface area contributed by atoms with E-state index in [1.807, 2.05) is 6.92 Å². The van der Waals surface area contributed by atoms with Crippen molar-refractivity contribution in [3.63, 3.8) is 0 Å². The van der Waals surface area contributed by atoms with E-state index in [1.165, 1.54) is 11.1 Å². The zero-order valence-electron chi connectivity index (χ0n) is 11.1. The van der Waals surface area contributed by atoms with Crippen LogP contribution in [0.5, 0.6) is 0 Å². The first-order chi connectivity index (χ1) is 9.60. The highest BCUT2D eigenvalue weighted by molar-refractivity contribution is 9.10. The number of hydrogen-bond donors (Lipinski definition) is 0. The minimum absolute atomic E-state index is 0.0567. The average Bonchev–Trinajstić information content (AvgIpc) is 2.41. The zero-order chi connectivity index (χ0) is 14.5. The number of Topliss-reactive ketones (excluding diaryl/α,β-unsaturated/α-hetero) is 1. The van der Waals surface area contributed by atoms with E-state index in [-0.39, 0.29) is 24.6 Å². The quantitative estimate of drug-likeness (QED) is 0.776. The number of benzene rings is 1. The molecule has 2 rings (SSSR count). The number of carbonyl (C=O) groups excluding carboxylic acids is 1. The zero-order valence-corrected chi connectivity index (χ0v) is 12.7. The molecule has 0 fully saturated rings. The molecule has 0 atom stereocenters. The third-order valence-electron chi connectivity index (χ3n) is 2.77. The number of nitrogens with zero attached hydrogens (tertiary/aromatic N) is 2. The number of hydrogen-bond acceptors (Lipinski definition) is 3. The molecule has 0 radical (unpaired) electrons. The van der Waals surface area contributed by atoms with Gasteiger partial charge in [-0.25, -0.2) is 9.40 Å². The third kappa shape index (κ3) is 3.67. The minimum atomic E-state index is -0.337. The van der Waals surface area contributed by atoms with Crippen LogP contribution in [0.3, 0.4) is 0 Å². The Hall–Kier alpha value is -1.67. The van der Waals surface area contributed by atoms with Gasteiger partial charge >= 0.3 is 0 Å². The van der Waals surface area contributed by atoms with Crippen molar-refractivity contribution in [1.29, 1.82) is 0 Å². The van der Waals surface area contributed by atoms with Crippen LogP contribution in [0.15, 0.2) is 27.8 Å². The molecule has 1 aliphatic heterocycles. The van der Waals surface area contributed by atoms with Crippen molar-refractivity contribution in [2.45, 2.75) is 26.2 Å². The van der Waals surface area contributed by atoms with Gasteiger partial charge in [0.1, 0.15) is 12.4 Å². The van der Waals surface area contributed by atoms with Gasteiger partial charge in [-0.05, 0) is 40.0 Å². The normalized spacial score (nSPS) is 14.7. The van der Waals surface area contributed by atoms with Gasteiger partial charge in [0.25, 0.3) is 0 Å². The number of unbranched alkanes of at least 4 members (excludes halogenated alkanes) is 1. The lowest BCUT2D eigenvalue weighted by molar-refractivity contribution is -0.118. The van der Waals surface area contributed by atoms with Crippen molar-refractivity contribution in [3.8, 4) is 12.0 Å². The van der Waals surface area contributed by atoms with Crippen molar-refractivity contribution in [2.24, 2.45) is 5.10 Å². The van der Waals surface area contributed by atoms with E-state index in [9.17, 15) is 9.18 Å². The second-order valence-corrected chi connectivity index (χ2v) is 5.34. The lowest BCUT2D eigenvalue weighted by atomic mass is 10.0. The topological polar surface area (TPSA) is 32.7 Å². The molecule has 0 N–H and O–H groups in total. The summed E-state index contributed by atoms with van der Waals surface area (Å²) < 4.78 is 13.6. The summed E-state index contributed by atoms with van der Waals surface area (Å²) >= 11 is 3.14. The van der Waals surface area contributed by atoms with Crippen molar-refractivity contribution in [3.05, 3.63) is 34.1 Å². The largest absolute Gasteiger partial charge is 0.297 e. The Balaban J connectivity index is 2.27. The lowest BCUT2D eigenvalue weighted by Gasteiger charge is -2.19. The molecule has 1 aliphatic rings. The molecule has 5 heteroatoms. The Kier molecular flexibility index (Phi) is 4.91. The van der Waals surface area contributed by atoms with Gasteiger partial charge in [0.15, 0.2) is 5.78 Å². The fraction of sp³-hybridized carbons (Fsp3) is 0.333. The molecule has 0 aliphatic carbocycles. The van der Waals surface area contributed by atoms with E-state index in [4.69, 9.17) is 0 Å². The Labute approximate surface area is 126 Å². The molecule has 1 heterocycles. The summed E-state index contributed by atoms with van der Waals surface area (Å²) in [6, 6.07) is 7.47. The Bertz CT molecular complexity index is 616. The van der Waals surface area contributed by atoms with Gasteiger partial charge < -0.3 is 0 Å². The molecular weight excluding hydrogens is 323 g/mol. The maximum Gasteiger partial charge on any atom is 0.161 e. The maximum absolute atomic E-state index is 13.2. The van der Waals surface area contributed by atoms with Crippen LogP contribution in [0.1, 0.15) is 31.7 Å². The van der Waals surface area contributed by atoms with Crippen LogP contribution < -0.4 is 0 Å². The van der Waals surface area contributed by atoms with Gasteiger partial charge in [-0.2, -0.15) is 5.10 Å². The summed E-state index contributed by atoms with van der Waals surface area (Å²) in [6.45, 7) is 2.25. The van der Waals surface area contributed by atoms with Gasteiger partial charge in [-0.3, -0.25) is 4.79 Å². The minimum Gasteiger partial charge on any atom is -0.297 e. The highest BCUT2D eigenvalue weighted by atomic mass is 79.9. The maximum atomic E-state index is 13.2. The summed E-state index contributed by atoms with van der Waals surface area (Å²) in [7, 11) is 0. The highest BCUT2D eigenvalue weighted by Gasteiger charge is 2.19. The fourth-order valence-electron chi connectivity index (χ4n) is 1.80. The molecule has 20 heavy (non-hydrogen) atoms. The van der Waals surface area contributed by atoms with Crippen molar-refractivity contribution < 1.29 is 9.18 Å². The van der Waals surface area contributed by atoms with Crippen LogP contribution in [-0.2, 0) is 4.79 Å². The molecular formula is C15H14BrFN2O. The molecule has 0 amide bonds. The van der Waals surface area contributed by atoms with Crippen LogP contribution in [0.25, 0.3) is 0 Å². The van der Waals surface area contributed by atoms with E-state index in [0.29, 0.717) is 10.2 Å². The van der Waals surface area contributed by atoms with Crippen LogP contribution in [-0.4, -0.2) is 23.0 Å². The lowest BCUT2D eigenvalue weighted by Crippen LogP contribution is -2.30. The molecule has 0 spiro atoms. The average molecular weight is 337 g/mol. The standard InChI is InChI=1S/C15H14BrFN2O/c1-2-3-4-7-19-10-12(20)9-15(18-19)11-5-6-14(17)13(16)8-11/h5-6,8H,2-3,9-10H2,1H3. The van der Waals surface area contributed by atoms with Gasteiger partial charge in [0.2, 0.25) is 0 Å². The van der Waals surface area contributed by atoms with E-state index >= 15 is 0 Å². The van der Waals surface area contributed by atoms with Crippen LogP contribution in [0, 0.1) is 17.8 Å². The van der Waals surface area contributed by atoms with E-state index in [0.717, 1.165) is 18.4 Å². The number of ketones is 1. The van der Waals surface area contributed by atoms with Gasteiger partial charge in [-0.1, -0.05) is 18.9 Å². The van der Waals surface area contributed by atoms with E-state index < -0.39 is 0 Å². The van der Waals surface area contributed by atoms with Gasteiger partial charge in [-0.15, -0.1) is 0 Å². The SMILES string of the molecule is CCCC#CN1CC(=O)CC(c2ccc(F)c(Br)c2)=N1. The molecule has 1 aromatic carbocycles. The summed E-state index contributed by atoms with van der Waals surface area (Å²) in [5, 5.41) is 5.82. The van der Waals surface area contributed by atoms with Crippen molar-refractivity contribution >= 4 is 27.4 Å². The summed E-state index contributed by atoms with van der Waals surface area (Å²) in [4.78, 5) is 11.8. The molecule has 0 saturated heterocycles. The first-order valence-corrected chi connectivity index (χ1v) is 7.20. The Morgan fingerprint density at radius 1 is 1.50 bits per heavy atom. The smallest absolute Gasteiger partial charge is 0.161 e. The third-order valence-corrected chi connectivity index (χ3v) is 3.38. The van der Waals surface area contributed by atoms with Gasteiger partial charge in [0, 0.05) is 12.5 Å². The summed E-state index contributed by atoms with van der Waals surface area (Å²) in [5.74, 6) is 2.68. The monoisotopic (exact) mass is 336 g/mol. The van der Waals surface area contributed by atoms with E-state index in [2.05, 4.69) is 33.0 Å². The van der Waals surface area contributed by atoms with Crippen molar-refractivity contribution in [1.82, 2.24) is 5.01 Å². The number of rotatable bonds is 2. The van der Waals surface area contributed by atoms with Crippen LogP contribution in [0.4, 0.5) is 4.39 Å². The van der Waals surface area contributed by atoms with Gasteiger partial charge in [0.05, 0.1) is 16.6 Å². The molecule has 1 aromatic rings. The number of halogens is 2. The second-order valence-electron chi connectivity index (χ2n) is 4.49. The van der Waals surface area contributed by atoms with Crippen LogP contribution in [0.2, 0.25) is 0 Å². The first-order valence-electron chi connectivity index (χ1n) is 6.40. The van der Waals surface area contributed by atoms with Crippen LogP contribution >= 0.6 is 15.9 Å². The predicted molar refractivity (Wildman–Crippen MR) is 79.7 cm³/mol. The van der Waals surface area contributed by atoms with Crippen molar-refractivity contribution in [2.75, 3.05) is 6.54 Å². The Morgan fingerprint density at radius 3 is 3.00 bits per heavy atom. The molecule has 3 nitrogen and oxygen atoms in total. The number of hydrazone groups is 1. The summed E-state index contributed by atoms with van der Waals surface area (Å²) in [6.07, 6.45) is 2.00. The predicted octanol–water partition coefficient (Wildman–Crippen LogP) is 3.33. The molecule has 0 bridgehead atoms. The molecule has 0 unspecified atom stereocenters. The fourth-order valence-corrected chi connectivity index (χ4v) is 2.18.